The minimum Gasteiger partial charge on any atom is -0.385 e. The normalized spacial score (nSPS) is 11.6. The van der Waals surface area contributed by atoms with E-state index in [-0.39, 0.29) is 5.69 Å². The zero-order valence-corrected chi connectivity index (χ0v) is 11.2. The second-order valence-corrected chi connectivity index (χ2v) is 5.04. The van der Waals surface area contributed by atoms with E-state index < -0.39 is 22.7 Å². The lowest BCUT2D eigenvalue weighted by Crippen LogP contribution is -2.15. The first-order chi connectivity index (χ1) is 9.19. The van der Waals surface area contributed by atoms with Crippen molar-refractivity contribution in [3.05, 3.63) is 29.3 Å². The number of anilines is 1. The van der Waals surface area contributed by atoms with Crippen LogP contribution >= 0.6 is 0 Å². The molecule has 3 nitrogen and oxygen atoms in total. The summed E-state index contributed by atoms with van der Waals surface area (Å²) in [5.74, 6) is 0. The Morgan fingerprint density at radius 2 is 1.85 bits per heavy atom. The number of nitrogens with zero attached hydrogens (tertiary/aromatic N) is 2. The Morgan fingerprint density at radius 1 is 1.20 bits per heavy atom. The molecule has 0 amide bonds. The summed E-state index contributed by atoms with van der Waals surface area (Å²) in [6.07, 6.45) is -4.06. The second kappa shape index (κ2) is 5.83. The highest BCUT2D eigenvalue weighted by molar-refractivity contribution is 5.53. The first-order valence-corrected chi connectivity index (χ1v) is 5.96. The van der Waals surface area contributed by atoms with Crippen molar-refractivity contribution in [1.82, 2.24) is 0 Å². The molecular weight excluding hydrogens is 267 g/mol. The molecule has 0 heterocycles. The van der Waals surface area contributed by atoms with Gasteiger partial charge in [-0.25, -0.2) is 0 Å². The van der Waals surface area contributed by atoms with Gasteiger partial charge in [-0.05, 0) is 38.5 Å². The number of hydrogen-bond donors (Lipinski definition) is 1. The molecule has 0 aromatic heterocycles. The highest BCUT2D eigenvalue weighted by atomic mass is 19.4. The fourth-order valence-electron chi connectivity index (χ4n) is 1.56. The van der Waals surface area contributed by atoms with Gasteiger partial charge in [0.2, 0.25) is 0 Å². The van der Waals surface area contributed by atoms with Crippen molar-refractivity contribution in [2.24, 2.45) is 5.41 Å². The number of nitriles is 2. The molecule has 106 valence electrons. The number of halogens is 3. The molecule has 1 rings (SSSR count). The minimum atomic E-state index is -4.56. The van der Waals surface area contributed by atoms with Gasteiger partial charge < -0.3 is 5.32 Å². The predicted molar refractivity (Wildman–Crippen MR) is 68.7 cm³/mol. The van der Waals surface area contributed by atoms with Crippen LogP contribution in [0.1, 0.15) is 31.4 Å². The lowest BCUT2D eigenvalue weighted by molar-refractivity contribution is -0.137. The third-order valence-corrected chi connectivity index (χ3v) is 2.83. The van der Waals surface area contributed by atoms with E-state index in [9.17, 15) is 13.2 Å². The Balaban J connectivity index is 2.85. The maximum Gasteiger partial charge on any atom is 0.417 e. The molecule has 0 aliphatic rings. The fraction of sp³-hybridized carbons (Fsp3) is 0.429. The van der Waals surface area contributed by atoms with Crippen molar-refractivity contribution in [3.8, 4) is 12.1 Å². The van der Waals surface area contributed by atoms with E-state index >= 15 is 0 Å². The fourth-order valence-corrected chi connectivity index (χ4v) is 1.56. The third kappa shape index (κ3) is 4.17. The summed E-state index contributed by atoms with van der Waals surface area (Å²) in [6.45, 7) is 3.90. The topological polar surface area (TPSA) is 59.6 Å². The average Bonchev–Trinajstić information content (AvgIpc) is 2.37. The maximum atomic E-state index is 12.8. The van der Waals surface area contributed by atoms with Crippen LogP contribution < -0.4 is 5.32 Å². The summed E-state index contributed by atoms with van der Waals surface area (Å²) in [4.78, 5) is 0. The molecule has 0 unspecified atom stereocenters. The first-order valence-electron chi connectivity index (χ1n) is 5.96. The highest BCUT2D eigenvalue weighted by Gasteiger charge is 2.33. The van der Waals surface area contributed by atoms with Gasteiger partial charge in [0.25, 0.3) is 0 Å². The molecule has 0 atom stereocenters. The van der Waals surface area contributed by atoms with E-state index in [1.54, 1.807) is 13.8 Å². The van der Waals surface area contributed by atoms with Crippen LogP contribution in [-0.4, -0.2) is 6.54 Å². The van der Waals surface area contributed by atoms with Crippen molar-refractivity contribution in [1.29, 1.82) is 10.5 Å². The van der Waals surface area contributed by atoms with Crippen molar-refractivity contribution < 1.29 is 13.2 Å². The Morgan fingerprint density at radius 3 is 2.35 bits per heavy atom. The summed E-state index contributed by atoms with van der Waals surface area (Å²) >= 11 is 0. The number of benzene rings is 1. The quantitative estimate of drug-likeness (QED) is 0.909. The lowest BCUT2D eigenvalue weighted by atomic mass is 9.91. The molecule has 20 heavy (non-hydrogen) atoms. The molecule has 6 heteroatoms. The van der Waals surface area contributed by atoms with Gasteiger partial charge >= 0.3 is 6.18 Å². The van der Waals surface area contributed by atoms with Gasteiger partial charge in [0.05, 0.1) is 28.7 Å². The van der Waals surface area contributed by atoms with Crippen LogP contribution in [0.5, 0.6) is 0 Å². The van der Waals surface area contributed by atoms with Gasteiger partial charge in [-0.3, -0.25) is 0 Å². The molecule has 0 bridgehead atoms. The van der Waals surface area contributed by atoms with Gasteiger partial charge in [-0.15, -0.1) is 0 Å². The summed E-state index contributed by atoms with van der Waals surface area (Å²) < 4.78 is 38.3. The molecular formula is C14H14F3N3. The monoisotopic (exact) mass is 281 g/mol. The summed E-state index contributed by atoms with van der Waals surface area (Å²) in [5.41, 5.74) is -1.61. The van der Waals surface area contributed by atoms with E-state index in [4.69, 9.17) is 10.5 Å². The van der Waals surface area contributed by atoms with Crippen LogP contribution in [0, 0.1) is 28.1 Å². The second-order valence-electron chi connectivity index (χ2n) is 5.04. The molecule has 0 aliphatic carbocycles. The van der Waals surface area contributed by atoms with Gasteiger partial charge in [0, 0.05) is 12.2 Å². The zero-order valence-electron chi connectivity index (χ0n) is 11.2. The minimum absolute atomic E-state index is 0.282. The van der Waals surface area contributed by atoms with Crippen LogP contribution in [0.25, 0.3) is 0 Å². The first kappa shape index (κ1) is 15.8. The van der Waals surface area contributed by atoms with E-state index in [0.717, 1.165) is 12.1 Å². The molecule has 0 radical (unpaired) electrons. The molecule has 0 fully saturated rings. The van der Waals surface area contributed by atoms with Crippen LogP contribution in [0.4, 0.5) is 18.9 Å². The van der Waals surface area contributed by atoms with Crippen LogP contribution in [0.15, 0.2) is 18.2 Å². The van der Waals surface area contributed by atoms with E-state index in [0.29, 0.717) is 13.0 Å². The van der Waals surface area contributed by atoms with Gasteiger partial charge in [0.15, 0.2) is 0 Å². The molecule has 0 spiro atoms. The van der Waals surface area contributed by atoms with E-state index in [1.807, 2.05) is 0 Å². The molecule has 1 aromatic rings. The number of nitrogens with one attached hydrogen (secondary N) is 1. The zero-order chi connectivity index (χ0) is 15.4. The lowest BCUT2D eigenvalue weighted by Gasteiger charge is -2.16. The summed E-state index contributed by atoms with van der Waals surface area (Å²) in [5, 5.41) is 20.4. The van der Waals surface area contributed by atoms with Crippen molar-refractivity contribution in [3.63, 3.8) is 0 Å². The van der Waals surface area contributed by atoms with E-state index in [2.05, 4.69) is 11.4 Å². The van der Waals surface area contributed by atoms with Crippen LogP contribution in [0.3, 0.4) is 0 Å². The van der Waals surface area contributed by atoms with Crippen molar-refractivity contribution >= 4 is 5.69 Å². The maximum absolute atomic E-state index is 12.8. The SMILES string of the molecule is CC(C)(C#N)CCNc1ccc(C#N)c(C(F)(F)F)c1. The predicted octanol–water partition coefficient (Wildman–Crippen LogP) is 3.93. The summed E-state index contributed by atoms with van der Waals surface area (Å²) in [7, 11) is 0. The van der Waals surface area contributed by atoms with Gasteiger partial charge in [-0.1, -0.05) is 0 Å². The third-order valence-electron chi connectivity index (χ3n) is 2.83. The molecule has 0 aliphatic heterocycles. The standard InChI is InChI=1S/C14H14F3N3/c1-13(2,9-19)5-6-20-11-4-3-10(8-18)12(7-11)14(15,16)17/h3-4,7,20H,5-6H2,1-2H3. The van der Waals surface area contributed by atoms with Crippen molar-refractivity contribution in [2.45, 2.75) is 26.4 Å². The molecule has 0 saturated heterocycles. The average molecular weight is 281 g/mol. The molecule has 1 aromatic carbocycles. The Labute approximate surface area is 115 Å². The Kier molecular flexibility index (Phi) is 4.62. The van der Waals surface area contributed by atoms with Gasteiger partial charge in [0.1, 0.15) is 0 Å². The number of rotatable bonds is 4. The van der Waals surface area contributed by atoms with Crippen molar-refractivity contribution in [2.75, 3.05) is 11.9 Å². The molecule has 0 saturated carbocycles. The smallest absolute Gasteiger partial charge is 0.385 e. The number of alkyl halides is 3. The van der Waals surface area contributed by atoms with Crippen LogP contribution in [-0.2, 0) is 6.18 Å². The highest BCUT2D eigenvalue weighted by Crippen LogP contribution is 2.33. The number of hydrogen-bond acceptors (Lipinski definition) is 3. The Bertz CT molecular complexity index is 562. The van der Waals surface area contributed by atoms with Gasteiger partial charge in [-0.2, -0.15) is 23.7 Å². The molecule has 1 N–H and O–H groups in total. The van der Waals surface area contributed by atoms with Crippen LogP contribution in [0.2, 0.25) is 0 Å². The Hall–Kier alpha value is -2.21. The summed E-state index contributed by atoms with van der Waals surface area (Å²) in [6, 6.07) is 7.12. The largest absolute Gasteiger partial charge is 0.417 e. The van der Waals surface area contributed by atoms with E-state index in [1.165, 1.54) is 12.1 Å².